The molecule has 0 bridgehead atoms. The molecule has 0 aromatic carbocycles. The van der Waals surface area contributed by atoms with Gasteiger partial charge in [0.1, 0.15) is 4.47 Å². The van der Waals surface area contributed by atoms with Crippen LogP contribution in [0.5, 0.6) is 0 Å². The highest BCUT2D eigenvalue weighted by Crippen LogP contribution is 2.28. The first-order valence-electron chi connectivity index (χ1n) is 6.89. The third-order valence-corrected chi connectivity index (χ3v) is 4.68. The van der Waals surface area contributed by atoms with E-state index in [1.54, 1.807) is 12.3 Å². The summed E-state index contributed by atoms with van der Waals surface area (Å²) in [4.78, 5) is 14.3. The minimum Gasteiger partial charge on any atom is -0.369 e. The summed E-state index contributed by atoms with van der Waals surface area (Å²) in [5, 5.41) is 4.20. The molecule has 0 atom stereocenters. The van der Waals surface area contributed by atoms with Gasteiger partial charge in [-0.25, -0.2) is 4.68 Å². The lowest BCUT2D eigenvalue weighted by atomic mass is 9.91. The molecular formula is C14H21BrN4O. The maximum atomic E-state index is 12.2. The van der Waals surface area contributed by atoms with Crippen LogP contribution in [0.3, 0.4) is 0 Å². The highest BCUT2D eigenvalue weighted by Gasteiger charge is 2.24. The molecule has 1 aromatic heterocycles. The van der Waals surface area contributed by atoms with Gasteiger partial charge in [-0.2, -0.15) is 5.10 Å². The quantitative estimate of drug-likeness (QED) is 0.850. The third kappa shape index (κ3) is 3.12. The van der Waals surface area contributed by atoms with Crippen LogP contribution in [0.25, 0.3) is 0 Å². The van der Waals surface area contributed by atoms with E-state index < -0.39 is 0 Å². The van der Waals surface area contributed by atoms with Crippen molar-refractivity contribution in [1.82, 2.24) is 9.78 Å². The van der Waals surface area contributed by atoms with Gasteiger partial charge in [0.2, 0.25) is 0 Å². The molecule has 1 aliphatic carbocycles. The molecule has 0 unspecified atom stereocenters. The normalized spacial score (nSPS) is 22.6. The number of allylic oxidation sites excluding steroid dienone is 1. The van der Waals surface area contributed by atoms with E-state index in [-0.39, 0.29) is 5.56 Å². The number of hydrogen-bond acceptors (Lipinski definition) is 4. The number of halogens is 1. The van der Waals surface area contributed by atoms with Crippen LogP contribution in [-0.4, -0.2) is 28.9 Å². The molecule has 20 heavy (non-hydrogen) atoms. The standard InChI is InChI=1S/C14H21BrN4O/c1-3-8-19-14(20)13(15)12(9-17-19)18(2)11-6-4-10(16)5-7-11/h3,9-11H,1,4-8,16H2,2H3. The van der Waals surface area contributed by atoms with Crippen LogP contribution in [-0.2, 0) is 6.54 Å². The van der Waals surface area contributed by atoms with E-state index in [2.05, 4.69) is 32.5 Å². The highest BCUT2D eigenvalue weighted by molar-refractivity contribution is 9.10. The third-order valence-electron chi connectivity index (χ3n) is 3.94. The first-order valence-corrected chi connectivity index (χ1v) is 7.68. The summed E-state index contributed by atoms with van der Waals surface area (Å²) in [5.41, 5.74) is 6.66. The van der Waals surface area contributed by atoms with Crippen molar-refractivity contribution in [2.45, 2.75) is 44.3 Å². The van der Waals surface area contributed by atoms with E-state index in [0.717, 1.165) is 31.4 Å². The molecular weight excluding hydrogens is 320 g/mol. The predicted octanol–water partition coefficient (Wildman–Crippen LogP) is 1.90. The lowest BCUT2D eigenvalue weighted by molar-refractivity contribution is 0.384. The molecule has 0 radical (unpaired) electrons. The molecule has 1 fully saturated rings. The van der Waals surface area contributed by atoms with E-state index in [9.17, 15) is 4.79 Å². The van der Waals surface area contributed by atoms with Crippen LogP contribution in [0.2, 0.25) is 0 Å². The molecule has 0 amide bonds. The van der Waals surface area contributed by atoms with Gasteiger partial charge < -0.3 is 10.6 Å². The molecule has 2 N–H and O–H groups in total. The Morgan fingerprint density at radius 2 is 2.20 bits per heavy atom. The Morgan fingerprint density at radius 3 is 2.80 bits per heavy atom. The van der Waals surface area contributed by atoms with Crippen LogP contribution >= 0.6 is 15.9 Å². The van der Waals surface area contributed by atoms with Crippen molar-refractivity contribution < 1.29 is 0 Å². The second-order valence-corrected chi connectivity index (χ2v) is 6.09. The summed E-state index contributed by atoms with van der Waals surface area (Å²) in [6.45, 7) is 4.04. The fourth-order valence-electron chi connectivity index (χ4n) is 2.64. The summed E-state index contributed by atoms with van der Waals surface area (Å²) in [5.74, 6) is 0. The van der Waals surface area contributed by atoms with Crippen molar-refractivity contribution in [3.05, 3.63) is 33.7 Å². The predicted molar refractivity (Wildman–Crippen MR) is 85.0 cm³/mol. The number of nitrogens with zero attached hydrogens (tertiary/aromatic N) is 3. The molecule has 0 spiro atoms. The van der Waals surface area contributed by atoms with Crippen molar-refractivity contribution in [3.63, 3.8) is 0 Å². The van der Waals surface area contributed by atoms with E-state index in [1.807, 2.05) is 7.05 Å². The summed E-state index contributed by atoms with van der Waals surface area (Å²) in [7, 11) is 2.01. The molecule has 1 heterocycles. The Kier molecular flexibility index (Phi) is 4.99. The van der Waals surface area contributed by atoms with Gasteiger partial charge in [0.25, 0.3) is 5.56 Å². The van der Waals surface area contributed by atoms with Crippen LogP contribution in [0.1, 0.15) is 25.7 Å². The van der Waals surface area contributed by atoms with Gasteiger partial charge in [0.15, 0.2) is 0 Å². The number of anilines is 1. The Labute approximate surface area is 127 Å². The molecule has 1 aromatic rings. The van der Waals surface area contributed by atoms with Gasteiger partial charge in [0, 0.05) is 19.1 Å². The van der Waals surface area contributed by atoms with Gasteiger partial charge in [-0.15, -0.1) is 6.58 Å². The van der Waals surface area contributed by atoms with Gasteiger partial charge in [0.05, 0.1) is 18.4 Å². The fraction of sp³-hybridized carbons (Fsp3) is 0.571. The van der Waals surface area contributed by atoms with Gasteiger partial charge in [-0.05, 0) is 41.6 Å². The maximum Gasteiger partial charge on any atom is 0.283 e. The van der Waals surface area contributed by atoms with E-state index in [4.69, 9.17) is 5.73 Å². The maximum absolute atomic E-state index is 12.2. The second-order valence-electron chi connectivity index (χ2n) is 5.30. The number of nitrogens with two attached hydrogens (primary N) is 1. The Bertz CT molecular complexity index is 534. The first-order chi connectivity index (χ1) is 9.54. The monoisotopic (exact) mass is 340 g/mol. The molecule has 6 heteroatoms. The largest absolute Gasteiger partial charge is 0.369 e. The molecule has 110 valence electrons. The zero-order valence-corrected chi connectivity index (χ0v) is 13.3. The summed E-state index contributed by atoms with van der Waals surface area (Å²) in [6.07, 6.45) is 7.58. The summed E-state index contributed by atoms with van der Waals surface area (Å²) in [6, 6.07) is 0.740. The van der Waals surface area contributed by atoms with Crippen LogP contribution in [0.4, 0.5) is 5.69 Å². The van der Waals surface area contributed by atoms with Crippen molar-refractivity contribution in [1.29, 1.82) is 0 Å². The zero-order chi connectivity index (χ0) is 14.7. The van der Waals surface area contributed by atoms with Crippen molar-refractivity contribution in [3.8, 4) is 0 Å². The molecule has 0 saturated heterocycles. The van der Waals surface area contributed by atoms with Gasteiger partial charge in [-0.3, -0.25) is 4.79 Å². The fourth-order valence-corrected chi connectivity index (χ4v) is 3.23. The minimum absolute atomic E-state index is 0.123. The first kappa shape index (κ1) is 15.3. The topological polar surface area (TPSA) is 64.2 Å². The molecule has 5 nitrogen and oxygen atoms in total. The number of hydrogen-bond donors (Lipinski definition) is 1. The second kappa shape index (κ2) is 6.54. The Balaban J connectivity index is 2.22. The average Bonchev–Trinajstić information content (AvgIpc) is 2.44. The van der Waals surface area contributed by atoms with E-state index >= 15 is 0 Å². The highest BCUT2D eigenvalue weighted by atomic mass is 79.9. The zero-order valence-electron chi connectivity index (χ0n) is 11.8. The lowest BCUT2D eigenvalue weighted by Crippen LogP contribution is -2.39. The van der Waals surface area contributed by atoms with Crippen molar-refractivity contribution in [2.24, 2.45) is 5.73 Å². The van der Waals surface area contributed by atoms with E-state index in [0.29, 0.717) is 23.1 Å². The summed E-state index contributed by atoms with van der Waals surface area (Å²) >= 11 is 3.41. The van der Waals surface area contributed by atoms with Crippen molar-refractivity contribution >= 4 is 21.6 Å². The Hall–Kier alpha value is -1.14. The SMILES string of the molecule is C=CCn1ncc(N(C)C2CCC(N)CC2)c(Br)c1=O. The molecule has 2 rings (SSSR count). The minimum atomic E-state index is -0.123. The van der Waals surface area contributed by atoms with Crippen molar-refractivity contribution in [2.75, 3.05) is 11.9 Å². The van der Waals surface area contributed by atoms with Crippen LogP contribution < -0.4 is 16.2 Å². The van der Waals surface area contributed by atoms with E-state index in [1.165, 1.54) is 4.68 Å². The van der Waals surface area contributed by atoms with Crippen LogP contribution in [0.15, 0.2) is 28.1 Å². The molecule has 0 aliphatic heterocycles. The molecule has 1 aliphatic rings. The van der Waals surface area contributed by atoms with Gasteiger partial charge in [-0.1, -0.05) is 6.08 Å². The average molecular weight is 341 g/mol. The molecule has 1 saturated carbocycles. The Morgan fingerprint density at radius 1 is 1.55 bits per heavy atom. The van der Waals surface area contributed by atoms with Crippen LogP contribution in [0, 0.1) is 0 Å². The smallest absolute Gasteiger partial charge is 0.283 e. The number of aromatic nitrogens is 2. The lowest BCUT2D eigenvalue weighted by Gasteiger charge is -2.35. The number of rotatable bonds is 4. The summed E-state index contributed by atoms with van der Waals surface area (Å²) < 4.78 is 1.96. The van der Waals surface area contributed by atoms with Gasteiger partial charge >= 0.3 is 0 Å².